The van der Waals surface area contributed by atoms with Gasteiger partial charge in [0.15, 0.2) is 6.29 Å². The first-order valence-electron chi connectivity index (χ1n) is 4.54. The lowest BCUT2D eigenvalue weighted by Gasteiger charge is -2.39. The van der Waals surface area contributed by atoms with Gasteiger partial charge in [0.05, 0.1) is 6.61 Å². The van der Waals surface area contributed by atoms with Crippen molar-refractivity contribution in [2.75, 3.05) is 13.2 Å². The Labute approximate surface area is 81.7 Å². The third kappa shape index (κ3) is 2.22. The van der Waals surface area contributed by atoms with E-state index < -0.39 is 37.3 Å². The number of hydrogen-bond acceptors (Lipinski definition) is 6. The molecule has 5 atom stereocenters. The number of aliphatic hydroxyl groups excluding tert-OH is 4. The second-order valence-electron chi connectivity index (χ2n) is 3.15. The molecule has 0 spiro atoms. The molecule has 0 saturated carbocycles. The molecule has 6 heteroatoms. The van der Waals surface area contributed by atoms with Gasteiger partial charge in [-0.1, -0.05) is 0 Å². The summed E-state index contributed by atoms with van der Waals surface area (Å²) in [6.45, 7) is 1.58. The quantitative estimate of drug-likeness (QED) is 0.421. The molecule has 1 aliphatic rings. The minimum Gasteiger partial charge on any atom is -0.394 e. The Morgan fingerprint density at radius 2 is 1.79 bits per heavy atom. The Morgan fingerprint density at radius 1 is 1.14 bits per heavy atom. The van der Waals surface area contributed by atoms with E-state index in [1.807, 2.05) is 0 Å². The van der Waals surface area contributed by atoms with Gasteiger partial charge in [0, 0.05) is 6.61 Å². The predicted molar refractivity (Wildman–Crippen MR) is 45.4 cm³/mol. The van der Waals surface area contributed by atoms with Crippen LogP contribution in [0.15, 0.2) is 0 Å². The zero-order chi connectivity index (χ0) is 10.7. The van der Waals surface area contributed by atoms with E-state index in [4.69, 9.17) is 14.6 Å². The average molecular weight is 208 g/mol. The maximum Gasteiger partial charge on any atom is 0.186 e. The first-order chi connectivity index (χ1) is 6.61. The fraction of sp³-hybridized carbons (Fsp3) is 1.00. The van der Waals surface area contributed by atoms with Gasteiger partial charge >= 0.3 is 0 Å². The Morgan fingerprint density at radius 3 is 2.29 bits per heavy atom. The van der Waals surface area contributed by atoms with E-state index >= 15 is 0 Å². The molecule has 1 heterocycles. The van der Waals surface area contributed by atoms with E-state index in [0.29, 0.717) is 6.61 Å². The number of hydrogen-bond donors (Lipinski definition) is 4. The largest absolute Gasteiger partial charge is 0.394 e. The first-order valence-corrected chi connectivity index (χ1v) is 4.54. The van der Waals surface area contributed by atoms with E-state index in [1.54, 1.807) is 6.92 Å². The summed E-state index contributed by atoms with van der Waals surface area (Å²) < 4.78 is 10.0. The molecule has 6 nitrogen and oxygen atoms in total. The Kier molecular flexibility index (Phi) is 4.24. The van der Waals surface area contributed by atoms with Crippen molar-refractivity contribution in [2.45, 2.75) is 37.6 Å². The predicted octanol–water partition coefficient (Wildman–Crippen LogP) is -2.18. The Hall–Kier alpha value is -0.240. The zero-order valence-electron chi connectivity index (χ0n) is 7.91. The molecule has 84 valence electrons. The molecule has 4 N–H and O–H groups in total. The summed E-state index contributed by atoms with van der Waals surface area (Å²) in [5.41, 5.74) is 0. The second-order valence-corrected chi connectivity index (χ2v) is 3.15. The molecule has 0 aromatic rings. The SMILES string of the molecule is CCO[C@H]1O[C@H](CO)[C@H](O)[C@H](O)[C@@H]1O. The summed E-state index contributed by atoms with van der Waals surface area (Å²) in [5, 5.41) is 36.9. The van der Waals surface area contributed by atoms with E-state index in [9.17, 15) is 15.3 Å². The van der Waals surface area contributed by atoms with Crippen molar-refractivity contribution >= 4 is 0 Å². The van der Waals surface area contributed by atoms with Crippen molar-refractivity contribution in [3.8, 4) is 0 Å². The standard InChI is InChI=1S/C8H16O6/c1-2-13-8-7(12)6(11)5(10)4(3-9)14-8/h4-12H,2-3H2,1H3/t4-,5+,6+,7+,8+/m1/s1. The van der Waals surface area contributed by atoms with Crippen LogP contribution in [0.2, 0.25) is 0 Å². The minimum absolute atomic E-state index is 0.308. The molecule has 0 bridgehead atoms. The van der Waals surface area contributed by atoms with Gasteiger partial charge < -0.3 is 29.9 Å². The highest BCUT2D eigenvalue weighted by atomic mass is 16.7. The number of ether oxygens (including phenoxy) is 2. The molecular formula is C8H16O6. The van der Waals surface area contributed by atoms with Gasteiger partial charge in [-0.3, -0.25) is 0 Å². The Bertz CT molecular complexity index is 171. The van der Waals surface area contributed by atoms with Crippen molar-refractivity contribution in [1.82, 2.24) is 0 Å². The lowest BCUT2D eigenvalue weighted by Crippen LogP contribution is -2.59. The van der Waals surface area contributed by atoms with Crippen LogP contribution in [0, 0.1) is 0 Å². The second kappa shape index (κ2) is 5.01. The van der Waals surface area contributed by atoms with Crippen LogP contribution in [0.25, 0.3) is 0 Å². The topological polar surface area (TPSA) is 99.4 Å². The minimum atomic E-state index is -1.36. The van der Waals surface area contributed by atoms with Crippen molar-refractivity contribution in [3.63, 3.8) is 0 Å². The lowest BCUT2D eigenvalue weighted by molar-refractivity contribution is -0.300. The van der Waals surface area contributed by atoms with E-state index in [0.717, 1.165) is 0 Å². The summed E-state index contributed by atoms with van der Waals surface area (Å²) in [4.78, 5) is 0. The van der Waals surface area contributed by atoms with Crippen molar-refractivity contribution in [3.05, 3.63) is 0 Å². The van der Waals surface area contributed by atoms with Crippen LogP contribution in [0.5, 0.6) is 0 Å². The van der Waals surface area contributed by atoms with E-state index in [-0.39, 0.29) is 0 Å². The van der Waals surface area contributed by atoms with Crippen LogP contribution in [0.1, 0.15) is 6.92 Å². The zero-order valence-corrected chi connectivity index (χ0v) is 7.91. The molecule has 0 radical (unpaired) electrons. The van der Waals surface area contributed by atoms with Gasteiger partial charge in [-0.15, -0.1) is 0 Å². The van der Waals surface area contributed by atoms with Crippen molar-refractivity contribution in [2.24, 2.45) is 0 Å². The van der Waals surface area contributed by atoms with Crippen LogP contribution >= 0.6 is 0 Å². The summed E-state index contributed by atoms with van der Waals surface area (Å²) in [6.07, 6.45) is -5.89. The summed E-state index contributed by atoms with van der Waals surface area (Å²) >= 11 is 0. The summed E-state index contributed by atoms with van der Waals surface area (Å²) in [5.74, 6) is 0. The molecule has 1 fully saturated rings. The van der Waals surface area contributed by atoms with Gasteiger partial charge in [-0.05, 0) is 6.92 Å². The third-order valence-electron chi connectivity index (χ3n) is 2.18. The first kappa shape index (κ1) is 11.8. The fourth-order valence-electron chi connectivity index (χ4n) is 1.37. The summed E-state index contributed by atoms with van der Waals surface area (Å²) in [7, 11) is 0. The molecule has 1 rings (SSSR count). The van der Waals surface area contributed by atoms with Gasteiger partial charge in [-0.2, -0.15) is 0 Å². The third-order valence-corrected chi connectivity index (χ3v) is 2.18. The Balaban J connectivity index is 2.63. The van der Waals surface area contributed by atoms with Crippen molar-refractivity contribution < 1.29 is 29.9 Å². The molecule has 0 amide bonds. The fourth-order valence-corrected chi connectivity index (χ4v) is 1.37. The van der Waals surface area contributed by atoms with Gasteiger partial charge in [-0.25, -0.2) is 0 Å². The van der Waals surface area contributed by atoms with Crippen LogP contribution in [0.3, 0.4) is 0 Å². The molecule has 0 unspecified atom stereocenters. The molecule has 14 heavy (non-hydrogen) atoms. The van der Waals surface area contributed by atoms with E-state index in [2.05, 4.69) is 0 Å². The molecule has 0 aliphatic carbocycles. The van der Waals surface area contributed by atoms with Gasteiger partial charge in [0.2, 0.25) is 0 Å². The maximum absolute atomic E-state index is 9.41. The molecular weight excluding hydrogens is 192 g/mol. The smallest absolute Gasteiger partial charge is 0.186 e. The molecule has 1 aliphatic heterocycles. The lowest BCUT2D eigenvalue weighted by atomic mass is 9.99. The number of aliphatic hydroxyl groups is 4. The monoisotopic (exact) mass is 208 g/mol. The highest BCUT2D eigenvalue weighted by Gasteiger charge is 2.43. The van der Waals surface area contributed by atoms with Crippen LogP contribution in [-0.4, -0.2) is 64.3 Å². The van der Waals surface area contributed by atoms with Gasteiger partial charge in [0.1, 0.15) is 24.4 Å². The average Bonchev–Trinajstić information content (AvgIpc) is 2.19. The summed E-state index contributed by atoms with van der Waals surface area (Å²) in [6, 6.07) is 0. The maximum atomic E-state index is 9.41. The number of rotatable bonds is 3. The highest BCUT2D eigenvalue weighted by molar-refractivity contribution is 4.88. The highest BCUT2D eigenvalue weighted by Crippen LogP contribution is 2.21. The normalized spacial score (nSPS) is 43.9. The van der Waals surface area contributed by atoms with Gasteiger partial charge in [0.25, 0.3) is 0 Å². The molecule has 0 aromatic heterocycles. The van der Waals surface area contributed by atoms with Crippen LogP contribution < -0.4 is 0 Å². The van der Waals surface area contributed by atoms with Crippen molar-refractivity contribution in [1.29, 1.82) is 0 Å². The molecule has 0 aromatic carbocycles. The van der Waals surface area contributed by atoms with E-state index in [1.165, 1.54) is 0 Å². The van der Waals surface area contributed by atoms with Crippen LogP contribution in [0.4, 0.5) is 0 Å². The molecule has 1 saturated heterocycles. The van der Waals surface area contributed by atoms with Crippen LogP contribution in [-0.2, 0) is 9.47 Å².